The Kier molecular flexibility index (Phi) is 4.21. The second kappa shape index (κ2) is 6.30. The Morgan fingerprint density at radius 2 is 2.09 bits per heavy atom. The van der Waals surface area contributed by atoms with Gasteiger partial charge in [-0.15, -0.1) is 0 Å². The fourth-order valence-electron chi connectivity index (χ4n) is 2.38. The summed E-state index contributed by atoms with van der Waals surface area (Å²) >= 11 is 5.97. The average molecular weight is 330 g/mol. The molecule has 1 amide bonds. The molecule has 0 saturated heterocycles. The van der Waals surface area contributed by atoms with Crippen molar-refractivity contribution < 1.29 is 9.53 Å². The van der Waals surface area contributed by atoms with Crippen LogP contribution < -0.4 is 10.1 Å². The molecule has 1 atom stereocenters. The molecule has 0 spiro atoms. The van der Waals surface area contributed by atoms with Crippen LogP contribution in [-0.2, 0) is 0 Å². The Morgan fingerprint density at radius 3 is 2.83 bits per heavy atom. The second-order valence-electron chi connectivity index (χ2n) is 5.18. The number of aromatic amines is 1. The molecule has 2 aromatic carbocycles. The highest BCUT2D eigenvalue weighted by atomic mass is 35.5. The van der Waals surface area contributed by atoms with Crippen molar-refractivity contribution in [2.24, 2.45) is 0 Å². The average Bonchev–Trinajstić information content (AvgIpc) is 2.99. The summed E-state index contributed by atoms with van der Waals surface area (Å²) in [5, 5.41) is 3.38. The minimum absolute atomic E-state index is 0.266. The maximum Gasteiger partial charge on any atom is 0.255 e. The van der Waals surface area contributed by atoms with Gasteiger partial charge in [-0.1, -0.05) is 23.7 Å². The summed E-state index contributed by atoms with van der Waals surface area (Å²) in [6, 6.07) is 12.4. The lowest BCUT2D eigenvalue weighted by Crippen LogP contribution is -2.27. The van der Waals surface area contributed by atoms with E-state index in [-0.39, 0.29) is 11.9 Å². The van der Waals surface area contributed by atoms with Crippen molar-refractivity contribution >= 4 is 28.5 Å². The van der Waals surface area contributed by atoms with Crippen LogP contribution in [0.25, 0.3) is 11.0 Å². The summed E-state index contributed by atoms with van der Waals surface area (Å²) in [5.41, 5.74) is 2.19. The van der Waals surface area contributed by atoms with Crippen LogP contribution in [0.4, 0.5) is 0 Å². The highest BCUT2D eigenvalue weighted by Gasteiger charge is 2.18. The third-order valence-electron chi connectivity index (χ3n) is 3.57. The van der Waals surface area contributed by atoms with E-state index in [0.717, 1.165) is 11.0 Å². The molecule has 0 aliphatic rings. The molecule has 3 aromatic rings. The van der Waals surface area contributed by atoms with Crippen molar-refractivity contribution in [3.8, 4) is 5.75 Å². The van der Waals surface area contributed by atoms with Crippen LogP contribution in [-0.4, -0.2) is 23.0 Å². The van der Waals surface area contributed by atoms with Crippen molar-refractivity contribution in [3.63, 3.8) is 0 Å². The lowest BCUT2D eigenvalue weighted by molar-refractivity contribution is 0.0935. The van der Waals surface area contributed by atoms with E-state index < -0.39 is 0 Å². The van der Waals surface area contributed by atoms with Crippen LogP contribution >= 0.6 is 11.6 Å². The molecule has 1 unspecified atom stereocenters. The van der Waals surface area contributed by atoms with Crippen molar-refractivity contribution in [2.75, 3.05) is 7.11 Å². The minimum atomic E-state index is -0.279. The molecule has 3 rings (SSSR count). The monoisotopic (exact) mass is 329 g/mol. The highest BCUT2D eigenvalue weighted by Crippen LogP contribution is 2.23. The van der Waals surface area contributed by atoms with E-state index in [2.05, 4.69) is 15.3 Å². The third kappa shape index (κ3) is 3.14. The molecule has 6 heteroatoms. The molecule has 23 heavy (non-hydrogen) atoms. The van der Waals surface area contributed by atoms with Crippen molar-refractivity contribution in [3.05, 3.63) is 58.9 Å². The number of nitrogens with one attached hydrogen (secondary N) is 2. The number of H-pyrrole nitrogens is 1. The Bertz CT molecular complexity index is 827. The highest BCUT2D eigenvalue weighted by molar-refractivity contribution is 6.31. The maximum absolute atomic E-state index is 12.5. The molecule has 0 aliphatic carbocycles. The van der Waals surface area contributed by atoms with E-state index in [1.54, 1.807) is 18.2 Å². The summed E-state index contributed by atoms with van der Waals surface area (Å²) in [7, 11) is 1.52. The minimum Gasteiger partial charge on any atom is -0.496 e. The number of carbonyl (C=O) groups is 1. The van der Waals surface area contributed by atoms with Crippen LogP contribution in [0.5, 0.6) is 5.75 Å². The SMILES string of the molecule is COc1ccc(Cl)cc1C(=O)NC(C)c1nc2ccccc2[nH]1. The number of methoxy groups -OCH3 is 1. The first-order valence-corrected chi connectivity index (χ1v) is 7.55. The molecule has 0 fully saturated rings. The molecule has 5 nitrogen and oxygen atoms in total. The van der Waals surface area contributed by atoms with Crippen LogP contribution in [0.15, 0.2) is 42.5 Å². The zero-order valence-electron chi connectivity index (χ0n) is 12.8. The van der Waals surface area contributed by atoms with E-state index in [4.69, 9.17) is 16.3 Å². The maximum atomic E-state index is 12.5. The molecule has 118 valence electrons. The smallest absolute Gasteiger partial charge is 0.255 e. The number of amides is 1. The summed E-state index contributed by atoms with van der Waals surface area (Å²) < 4.78 is 5.21. The molecule has 1 aromatic heterocycles. The number of carbonyl (C=O) groups excluding carboxylic acids is 1. The van der Waals surface area contributed by atoms with Crippen LogP contribution in [0.3, 0.4) is 0 Å². The van der Waals surface area contributed by atoms with Gasteiger partial charge in [-0.3, -0.25) is 4.79 Å². The number of halogens is 1. The van der Waals surface area contributed by atoms with Crippen LogP contribution in [0.2, 0.25) is 5.02 Å². The number of aromatic nitrogens is 2. The van der Waals surface area contributed by atoms with Gasteiger partial charge in [0.1, 0.15) is 11.6 Å². The van der Waals surface area contributed by atoms with Gasteiger partial charge in [0.2, 0.25) is 0 Å². The number of hydrogen-bond donors (Lipinski definition) is 2. The van der Waals surface area contributed by atoms with Crippen LogP contribution in [0.1, 0.15) is 29.1 Å². The van der Waals surface area contributed by atoms with Crippen molar-refractivity contribution in [2.45, 2.75) is 13.0 Å². The zero-order chi connectivity index (χ0) is 16.4. The lowest BCUT2D eigenvalue weighted by Gasteiger charge is -2.13. The number of benzene rings is 2. The van der Waals surface area contributed by atoms with Crippen LogP contribution in [0, 0.1) is 0 Å². The predicted octanol–water partition coefficient (Wildman–Crippen LogP) is 3.72. The first-order valence-electron chi connectivity index (χ1n) is 7.17. The van der Waals surface area contributed by atoms with Gasteiger partial charge >= 0.3 is 0 Å². The Balaban J connectivity index is 1.83. The molecule has 0 saturated carbocycles. The van der Waals surface area contributed by atoms with E-state index in [9.17, 15) is 4.79 Å². The number of ether oxygens (including phenoxy) is 1. The van der Waals surface area contributed by atoms with Gasteiger partial charge in [-0.25, -0.2) is 4.98 Å². The summed E-state index contributed by atoms with van der Waals surface area (Å²) in [5.74, 6) is 0.904. The number of rotatable bonds is 4. The Hall–Kier alpha value is -2.53. The Labute approximate surface area is 138 Å². The van der Waals surface area contributed by atoms with E-state index >= 15 is 0 Å². The van der Waals surface area contributed by atoms with Crippen molar-refractivity contribution in [1.29, 1.82) is 0 Å². The van der Waals surface area contributed by atoms with Gasteiger partial charge < -0.3 is 15.0 Å². The van der Waals surface area contributed by atoms with E-state index in [1.807, 2.05) is 31.2 Å². The molecule has 1 heterocycles. The predicted molar refractivity (Wildman–Crippen MR) is 90.0 cm³/mol. The Morgan fingerprint density at radius 1 is 1.30 bits per heavy atom. The number of hydrogen-bond acceptors (Lipinski definition) is 3. The van der Waals surface area contributed by atoms with Gasteiger partial charge in [-0.05, 0) is 37.3 Å². The van der Waals surface area contributed by atoms with Gasteiger partial charge in [-0.2, -0.15) is 0 Å². The number of nitrogens with zero attached hydrogens (tertiary/aromatic N) is 1. The number of imidazole rings is 1. The number of para-hydroxylation sites is 2. The standard InChI is InChI=1S/C17H16ClN3O2/c1-10(16-20-13-5-3-4-6-14(13)21-16)19-17(22)12-9-11(18)7-8-15(12)23-2/h3-10H,1-2H3,(H,19,22)(H,20,21). The summed E-state index contributed by atoms with van der Waals surface area (Å²) in [4.78, 5) is 20.2. The quantitative estimate of drug-likeness (QED) is 0.766. The first-order chi connectivity index (χ1) is 11.1. The molecule has 0 aliphatic heterocycles. The lowest BCUT2D eigenvalue weighted by atomic mass is 10.1. The van der Waals surface area contributed by atoms with Crippen molar-refractivity contribution in [1.82, 2.24) is 15.3 Å². The topological polar surface area (TPSA) is 67.0 Å². The normalized spacial score (nSPS) is 12.1. The fraction of sp³-hybridized carbons (Fsp3) is 0.176. The van der Waals surface area contributed by atoms with Gasteiger partial charge in [0.25, 0.3) is 5.91 Å². The van der Waals surface area contributed by atoms with Gasteiger partial charge in [0.05, 0.1) is 29.7 Å². The molecular formula is C17H16ClN3O2. The largest absolute Gasteiger partial charge is 0.496 e. The summed E-state index contributed by atoms with van der Waals surface area (Å²) in [6.07, 6.45) is 0. The first kappa shape index (κ1) is 15.4. The van der Waals surface area contributed by atoms with E-state index in [0.29, 0.717) is 22.2 Å². The fourth-order valence-corrected chi connectivity index (χ4v) is 2.55. The molecular weight excluding hydrogens is 314 g/mol. The molecule has 0 bridgehead atoms. The summed E-state index contributed by atoms with van der Waals surface area (Å²) in [6.45, 7) is 1.87. The molecule has 2 N–H and O–H groups in total. The molecule has 0 radical (unpaired) electrons. The zero-order valence-corrected chi connectivity index (χ0v) is 13.5. The number of fused-ring (bicyclic) bond motifs is 1. The van der Waals surface area contributed by atoms with Gasteiger partial charge in [0, 0.05) is 5.02 Å². The second-order valence-corrected chi connectivity index (χ2v) is 5.62. The van der Waals surface area contributed by atoms with E-state index in [1.165, 1.54) is 7.11 Å². The van der Waals surface area contributed by atoms with Gasteiger partial charge in [0.15, 0.2) is 0 Å². The third-order valence-corrected chi connectivity index (χ3v) is 3.81.